The molecule has 0 radical (unpaired) electrons. The molecule has 15 heteroatoms. The number of carbonyl (C=O) groups excluding carboxylic acids is 4. The van der Waals surface area contributed by atoms with Gasteiger partial charge in [0.2, 0.25) is 5.91 Å². The normalized spacial score (nSPS) is 21.8. The molecule has 1 aromatic carbocycles. The second-order valence-electron chi connectivity index (χ2n) is 13.9. The zero-order chi connectivity index (χ0) is 39.2. The van der Waals surface area contributed by atoms with Gasteiger partial charge in [-0.25, -0.2) is 9.59 Å². The first kappa shape index (κ1) is 44.1. The zero-order valence-electron chi connectivity index (χ0n) is 31.4. The number of aryl methyl sites for hydroxylation is 2. The maximum absolute atomic E-state index is 13.2. The molecule has 1 aliphatic heterocycles. The van der Waals surface area contributed by atoms with Crippen molar-refractivity contribution in [2.24, 2.45) is 5.92 Å². The lowest BCUT2D eigenvalue weighted by atomic mass is 9.82. The quantitative estimate of drug-likeness (QED) is 0.0685. The van der Waals surface area contributed by atoms with Crippen LogP contribution in [0.5, 0.6) is 5.75 Å². The van der Waals surface area contributed by atoms with Crippen LogP contribution in [0.4, 0.5) is 4.79 Å². The molecule has 52 heavy (non-hydrogen) atoms. The predicted octanol–water partition coefficient (Wildman–Crippen LogP) is 2.01. The van der Waals surface area contributed by atoms with Crippen LogP contribution in [-0.2, 0) is 28.5 Å². The fourth-order valence-corrected chi connectivity index (χ4v) is 5.72. The summed E-state index contributed by atoms with van der Waals surface area (Å²) in [4.78, 5) is 50.9. The van der Waals surface area contributed by atoms with Crippen molar-refractivity contribution < 1.29 is 58.2 Å². The highest BCUT2D eigenvalue weighted by atomic mass is 16.6. The highest BCUT2D eigenvalue weighted by Crippen LogP contribution is 2.36. The lowest BCUT2D eigenvalue weighted by Crippen LogP contribution is -2.67. The van der Waals surface area contributed by atoms with Gasteiger partial charge in [-0.05, 0) is 64.3 Å². The third kappa shape index (κ3) is 12.9. The molecule has 1 aromatic rings. The Balaban J connectivity index is 2.08. The molecule has 0 saturated carbocycles. The molecular formula is C37H57N3O12. The van der Waals surface area contributed by atoms with Crippen molar-refractivity contribution in [1.29, 1.82) is 0 Å². The van der Waals surface area contributed by atoms with Crippen LogP contribution in [0.3, 0.4) is 0 Å². The van der Waals surface area contributed by atoms with E-state index in [1.54, 1.807) is 59.8 Å². The fraction of sp³-hybridized carbons (Fsp3) is 0.622. The van der Waals surface area contributed by atoms with Gasteiger partial charge in [0.1, 0.15) is 23.6 Å². The smallest absolute Gasteiger partial charge is 0.408 e. The molecule has 1 aliphatic rings. The molecule has 0 bridgehead atoms. The number of ether oxygens (including phenoxy) is 5. The van der Waals surface area contributed by atoms with E-state index >= 15 is 0 Å². The Morgan fingerprint density at radius 1 is 1.10 bits per heavy atom. The number of amides is 3. The molecular weight excluding hydrogens is 678 g/mol. The van der Waals surface area contributed by atoms with Gasteiger partial charge in [-0.15, -0.1) is 13.2 Å². The average Bonchev–Trinajstić information content (AvgIpc) is 3.07. The lowest BCUT2D eigenvalue weighted by Gasteiger charge is -2.47. The number of benzene rings is 1. The summed E-state index contributed by atoms with van der Waals surface area (Å²) >= 11 is 0. The van der Waals surface area contributed by atoms with Crippen LogP contribution in [0.2, 0.25) is 0 Å². The molecule has 1 saturated heterocycles. The number of methoxy groups -OCH3 is 1. The summed E-state index contributed by atoms with van der Waals surface area (Å²) in [6, 6.07) is 1.92. The Hall–Kier alpha value is -4.02. The van der Waals surface area contributed by atoms with Gasteiger partial charge < -0.3 is 55.0 Å². The van der Waals surface area contributed by atoms with E-state index in [1.807, 2.05) is 0 Å². The first-order valence-electron chi connectivity index (χ1n) is 17.3. The van der Waals surface area contributed by atoms with Crippen molar-refractivity contribution in [1.82, 2.24) is 16.0 Å². The van der Waals surface area contributed by atoms with Crippen LogP contribution in [0.1, 0.15) is 68.4 Å². The summed E-state index contributed by atoms with van der Waals surface area (Å²) < 4.78 is 27.5. The summed E-state index contributed by atoms with van der Waals surface area (Å²) in [5.74, 6) is -1.22. The maximum atomic E-state index is 13.2. The molecule has 0 spiro atoms. The molecule has 2 rings (SSSR count). The summed E-state index contributed by atoms with van der Waals surface area (Å²) in [6.45, 7) is 18.5. The Kier molecular flexibility index (Phi) is 17.2. The molecule has 3 amide bonds. The molecule has 0 aromatic heterocycles. The molecule has 0 aliphatic carbocycles. The van der Waals surface area contributed by atoms with Gasteiger partial charge in [0, 0.05) is 31.5 Å². The van der Waals surface area contributed by atoms with Gasteiger partial charge in [0.25, 0.3) is 5.91 Å². The molecule has 0 unspecified atom stereocenters. The van der Waals surface area contributed by atoms with Crippen LogP contribution in [0.15, 0.2) is 37.4 Å². The van der Waals surface area contributed by atoms with Crippen molar-refractivity contribution in [2.75, 3.05) is 40.0 Å². The molecule has 1 heterocycles. The Morgan fingerprint density at radius 3 is 2.33 bits per heavy atom. The van der Waals surface area contributed by atoms with E-state index in [2.05, 4.69) is 29.1 Å². The van der Waals surface area contributed by atoms with Crippen LogP contribution >= 0.6 is 0 Å². The number of aliphatic hydroxyl groups excluding tert-OH is 3. The monoisotopic (exact) mass is 735 g/mol. The third-order valence-electron chi connectivity index (χ3n) is 8.23. The third-order valence-corrected chi connectivity index (χ3v) is 8.23. The van der Waals surface area contributed by atoms with Crippen molar-refractivity contribution in [3.63, 3.8) is 0 Å². The average molecular weight is 736 g/mol. The SMILES string of the molecule is C=CCOC[C@@H](C)C(=O)NCCCOc1c(C)cc(C(=O)NC[C@@H](O)[C@@H](O)[C@@H]2O[C@@](CC=C)(C(=O)OC)C[C@H](O)[C@H]2NC(=O)OC(C)(C)C)cc1C. The van der Waals surface area contributed by atoms with Gasteiger partial charge in [-0.1, -0.05) is 19.1 Å². The molecule has 6 N–H and O–H groups in total. The second-order valence-corrected chi connectivity index (χ2v) is 13.9. The first-order chi connectivity index (χ1) is 24.4. The van der Waals surface area contributed by atoms with E-state index in [0.29, 0.717) is 49.7 Å². The van der Waals surface area contributed by atoms with Gasteiger partial charge in [-0.3, -0.25) is 9.59 Å². The van der Waals surface area contributed by atoms with E-state index in [9.17, 15) is 34.5 Å². The number of nitrogens with one attached hydrogen (secondary N) is 3. The van der Waals surface area contributed by atoms with E-state index in [1.165, 1.54) is 6.08 Å². The molecule has 1 fully saturated rings. The predicted molar refractivity (Wildman–Crippen MR) is 192 cm³/mol. The molecule has 15 nitrogen and oxygen atoms in total. The fourth-order valence-electron chi connectivity index (χ4n) is 5.72. The second kappa shape index (κ2) is 20.3. The summed E-state index contributed by atoms with van der Waals surface area (Å²) in [5.41, 5.74) is -1.02. The first-order valence-corrected chi connectivity index (χ1v) is 17.3. The maximum Gasteiger partial charge on any atom is 0.408 e. The van der Waals surface area contributed by atoms with E-state index in [-0.39, 0.29) is 30.2 Å². The van der Waals surface area contributed by atoms with Crippen molar-refractivity contribution in [3.8, 4) is 5.75 Å². The summed E-state index contributed by atoms with van der Waals surface area (Å²) in [6.07, 6.45) is -4.26. The highest BCUT2D eigenvalue weighted by Gasteiger charge is 2.54. The van der Waals surface area contributed by atoms with E-state index < -0.39 is 66.2 Å². The zero-order valence-corrected chi connectivity index (χ0v) is 31.4. The van der Waals surface area contributed by atoms with Gasteiger partial charge in [0.05, 0.1) is 51.1 Å². The Morgan fingerprint density at radius 2 is 1.75 bits per heavy atom. The van der Waals surface area contributed by atoms with Crippen LogP contribution in [-0.4, -0.2) is 121 Å². The largest absolute Gasteiger partial charge is 0.493 e. The van der Waals surface area contributed by atoms with Gasteiger partial charge in [0.15, 0.2) is 5.60 Å². The number of hydrogen-bond acceptors (Lipinski definition) is 12. The van der Waals surface area contributed by atoms with Gasteiger partial charge >= 0.3 is 12.1 Å². The van der Waals surface area contributed by atoms with Crippen LogP contribution in [0, 0.1) is 19.8 Å². The topological polar surface area (TPSA) is 211 Å². The van der Waals surface area contributed by atoms with Crippen molar-refractivity contribution in [2.45, 2.75) is 102 Å². The number of hydrogen-bond donors (Lipinski definition) is 6. The summed E-state index contributed by atoms with van der Waals surface area (Å²) in [7, 11) is 1.14. The standard InChI is InChI=1S/C37H57N3O12/c1-10-13-37(34(46)48-9)19-26(41)28(40-35(47)52-36(6,7)8)31(51-37)29(43)27(42)20-39-33(45)25-17-22(3)30(23(4)18-25)50-16-12-14-38-32(44)24(5)21-49-15-11-2/h10-11,17-18,24,26-29,31,41-43H,1-2,12-16,19-21H2,3-9H3,(H,38,44)(H,39,45)(H,40,47)/t24-,26+,27-,28-,29-,31-,37-/m1/s1. The van der Waals surface area contributed by atoms with Crippen molar-refractivity contribution in [3.05, 3.63) is 54.1 Å². The highest BCUT2D eigenvalue weighted by molar-refractivity contribution is 5.95. The summed E-state index contributed by atoms with van der Waals surface area (Å²) in [5, 5.41) is 41.4. The van der Waals surface area contributed by atoms with Crippen LogP contribution < -0.4 is 20.7 Å². The number of alkyl carbamates (subject to hydrolysis) is 1. The number of aliphatic hydroxyl groups is 3. The number of carbonyl (C=O) groups is 4. The van der Waals surface area contributed by atoms with Gasteiger partial charge in [-0.2, -0.15) is 0 Å². The number of rotatable bonds is 19. The minimum Gasteiger partial charge on any atom is -0.493 e. The minimum atomic E-state index is -1.82. The van der Waals surface area contributed by atoms with E-state index in [0.717, 1.165) is 7.11 Å². The lowest BCUT2D eigenvalue weighted by molar-refractivity contribution is -0.228. The van der Waals surface area contributed by atoms with Crippen molar-refractivity contribution >= 4 is 23.9 Å². The number of esters is 1. The van der Waals surface area contributed by atoms with Crippen LogP contribution in [0.25, 0.3) is 0 Å². The minimum absolute atomic E-state index is 0.104. The Labute approximate surface area is 306 Å². The van der Waals surface area contributed by atoms with E-state index in [4.69, 9.17) is 23.7 Å². The molecule has 7 atom stereocenters. The Bertz CT molecular complexity index is 1370. The molecule has 292 valence electrons.